The second-order valence-electron chi connectivity index (χ2n) is 2.97. The lowest BCUT2D eigenvalue weighted by Gasteiger charge is -2.03. The van der Waals surface area contributed by atoms with Gasteiger partial charge in [0.2, 0.25) is 0 Å². The number of hydrogen-bond acceptors (Lipinski definition) is 3. The molecule has 0 aliphatic heterocycles. The number of pyridine rings is 1. The van der Waals surface area contributed by atoms with Crippen molar-refractivity contribution in [1.82, 2.24) is 4.98 Å². The number of fused-ring (bicyclic) bond motifs is 1. The summed E-state index contributed by atoms with van der Waals surface area (Å²) in [5.41, 5.74) is -0.0232. The van der Waals surface area contributed by atoms with E-state index in [4.69, 9.17) is 16.7 Å². The fraction of sp³-hybridized carbons (Fsp3) is 0. The molecule has 0 atom stereocenters. The lowest BCUT2D eigenvalue weighted by molar-refractivity contribution is 0.0691. The monoisotopic (exact) mass is 223 g/mol. The molecule has 0 fully saturated rings. The number of phenolic OH excluding ortho intramolecular Hbond substituents is 1. The Labute approximate surface area is 89.8 Å². The number of carbonyl (C=O) groups is 1. The van der Waals surface area contributed by atoms with Crippen molar-refractivity contribution in [2.75, 3.05) is 0 Å². The number of nitrogens with zero attached hydrogens (tertiary/aromatic N) is 1. The Kier molecular flexibility index (Phi) is 2.21. The summed E-state index contributed by atoms with van der Waals surface area (Å²) < 4.78 is 0. The first-order valence-electron chi connectivity index (χ1n) is 4.11. The molecule has 2 rings (SSSR count). The molecule has 0 spiro atoms. The van der Waals surface area contributed by atoms with E-state index in [0.717, 1.165) is 0 Å². The second-order valence-corrected chi connectivity index (χ2v) is 3.38. The maximum atomic E-state index is 10.7. The van der Waals surface area contributed by atoms with Gasteiger partial charge in [0, 0.05) is 5.39 Å². The minimum atomic E-state index is -1.22. The van der Waals surface area contributed by atoms with Gasteiger partial charge < -0.3 is 10.2 Å². The molecule has 0 saturated heterocycles. The van der Waals surface area contributed by atoms with E-state index >= 15 is 0 Å². The number of phenols is 1. The Morgan fingerprint density at radius 2 is 2.13 bits per heavy atom. The molecule has 2 aromatic rings. The third kappa shape index (κ3) is 1.59. The van der Waals surface area contributed by atoms with Crippen molar-refractivity contribution in [3.63, 3.8) is 0 Å². The molecule has 76 valence electrons. The summed E-state index contributed by atoms with van der Waals surface area (Å²) in [7, 11) is 0. The molecule has 1 heterocycles. The first-order chi connectivity index (χ1) is 7.09. The highest BCUT2D eigenvalue weighted by atomic mass is 35.5. The van der Waals surface area contributed by atoms with Crippen LogP contribution in [0.1, 0.15) is 10.5 Å². The summed E-state index contributed by atoms with van der Waals surface area (Å²) >= 11 is 5.73. The van der Waals surface area contributed by atoms with Crippen LogP contribution in [-0.4, -0.2) is 21.2 Å². The van der Waals surface area contributed by atoms with Crippen molar-refractivity contribution in [1.29, 1.82) is 0 Å². The summed E-state index contributed by atoms with van der Waals surface area (Å²) in [6.07, 6.45) is 0. The number of benzene rings is 1. The molecular weight excluding hydrogens is 218 g/mol. The van der Waals surface area contributed by atoms with Crippen LogP contribution in [-0.2, 0) is 0 Å². The number of aromatic nitrogens is 1. The molecule has 4 nitrogen and oxygen atoms in total. The average molecular weight is 224 g/mol. The molecule has 0 aliphatic rings. The maximum Gasteiger partial charge on any atom is 0.356 e. The van der Waals surface area contributed by atoms with E-state index in [2.05, 4.69) is 4.98 Å². The summed E-state index contributed by atoms with van der Waals surface area (Å²) in [4.78, 5) is 14.5. The van der Waals surface area contributed by atoms with Crippen LogP contribution in [0.4, 0.5) is 0 Å². The van der Waals surface area contributed by atoms with Crippen LogP contribution < -0.4 is 0 Å². The van der Waals surface area contributed by atoms with Gasteiger partial charge in [0.05, 0.1) is 5.02 Å². The van der Waals surface area contributed by atoms with Crippen LogP contribution in [0.15, 0.2) is 24.3 Å². The Bertz CT molecular complexity index is 554. The summed E-state index contributed by atoms with van der Waals surface area (Å²) in [5.74, 6) is -1.28. The SMILES string of the molecule is O=C(O)c1nc2c(O)cccc2cc1Cl. The van der Waals surface area contributed by atoms with Gasteiger partial charge in [-0.25, -0.2) is 9.78 Å². The Morgan fingerprint density at radius 3 is 2.80 bits per heavy atom. The van der Waals surface area contributed by atoms with Gasteiger partial charge in [-0.05, 0) is 12.1 Å². The number of carboxylic acid groups (broad SMARTS) is 1. The highest BCUT2D eigenvalue weighted by Crippen LogP contribution is 2.26. The number of aromatic hydroxyl groups is 1. The molecule has 15 heavy (non-hydrogen) atoms. The van der Waals surface area contributed by atoms with Crippen LogP contribution in [0.25, 0.3) is 10.9 Å². The average Bonchev–Trinajstić information content (AvgIpc) is 2.16. The van der Waals surface area contributed by atoms with Crippen LogP contribution in [0.2, 0.25) is 5.02 Å². The van der Waals surface area contributed by atoms with Crippen molar-refractivity contribution >= 4 is 28.5 Å². The molecular formula is C10H6ClNO3. The van der Waals surface area contributed by atoms with Gasteiger partial charge in [0.1, 0.15) is 11.3 Å². The zero-order valence-corrected chi connectivity index (χ0v) is 8.19. The third-order valence-corrected chi connectivity index (χ3v) is 2.27. The normalized spacial score (nSPS) is 10.5. The zero-order valence-electron chi connectivity index (χ0n) is 7.44. The largest absolute Gasteiger partial charge is 0.506 e. The van der Waals surface area contributed by atoms with Crippen molar-refractivity contribution in [3.05, 3.63) is 35.0 Å². The van der Waals surface area contributed by atoms with Gasteiger partial charge in [-0.1, -0.05) is 23.7 Å². The van der Waals surface area contributed by atoms with Crippen LogP contribution in [0.5, 0.6) is 5.75 Å². The van der Waals surface area contributed by atoms with Gasteiger partial charge >= 0.3 is 5.97 Å². The van der Waals surface area contributed by atoms with Gasteiger partial charge in [-0.3, -0.25) is 0 Å². The fourth-order valence-electron chi connectivity index (χ4n) is 1.31. The number of halogens is 1. The predicted molar refractivity (Wildman–Crippen MR) is 55.4 cm³/mol. The Morgan fingerprint density at radius 1 is 1.40 bits per heavy atom. The van der Waals surface area contributed by atoms with Crippen LogP contribution >= 0.6 is 11.6 Å². The molecule has 1 aromatic heterocycles. The predicted octanol–water partition coefficient (Wildman–Crippen LogP) is 2.29. The zero-order chi connectivity index (χ0) is 11.0. The highest BCUT2D eigenvalue weighted by Gasteiger charge is 2.13. The van der Waals surface area contributed by atoms with E-state index in [0.29, 0.717) is 5.39 Å². The topological polar surface area (TPSA) is 70.4 Å². The summed E-state index contributed by atoms with van der Waals surface area (Å²) in [5, 5.41) is 18.9. The summed E-state index contributed by atoms with van der Waals surface area (Å²) in [6.45, 7) is 0. The van der Waals surface area contributed by atoms with Crippen molar-refractivity contribution in [3.8, 4) is 5.75 Å². The summed E-state index contributed by atoms with van der Waals surface area (Å²) in [6, 6.07) is 6.23. The number of carboxylic acids is 1. The minimum absolute atomic E-state index is 0.0561. The van der Waals surface area contributed by atoms with Crippen molar-refractivity contribution in [2.45, 2.75) is 0 Å². The van der Waals surface area contributed by atoms with Gasteiger partial charge in [0.25, 0.3) is 0 Å². The van der Waals surface area contributed by atoms with Gasteiger partial charge in [-0.15, -0.1) is 0 Å². The van der Waals surface area contributed by atoms with Gasteiger partial charge in [-0.2, -0.15) is 0 Å². The quantitative estimate of drug-likeness (QED) is 0.778. The van der Waals surface area contributed by atoms with Gasteiger partial charge in [0.15, 0.2) is 5.69 Å². The second kappa shape index (κ2) is 3.40. The first kappa shape index (κ1) is 9.73. The Hall–Kier alpha value is -1.81. The molecule has 1 aromatic carbocycles. The van der Waals surface area contributed by atoms with E-state index in [1.165, 1.54) is 12.1 Å². The van der Waals surface area contributed by atoms with Crippen LogP contribution in [0, 0.1) is 0 Å². The molecule has 0 aliphatic carbocycles. The van der Waals surface area contributed by atoms with E-state index in [-0.39, 0.29) is 22.0 Å². The fourth-order valence-corrected chi connectivity index (χ4v) is 1.55. The van der Waals surface area contributed by atoms with E-state index in [1.54, 1.807) is 12.1 Å². The van der Waals surface area contributed by atoms with E-state index in [1.807, 2.05) is 0 Å². The van der Waals surface area contributed by atoms with E-state index in [9.17, 15) is 9.90 Å². The lowest BCUT2D eigenvalue weighted by Crippen LogP contribution is -2.01. The highest BCUT2D eigenvalue weighted by molar-refractivity contribution is 6.33. The molecule has 0 bridgehead atoms. The number of hydrogen-bond donors (Lipinski definition) is 2. The first-order valence-corrected chi connectivity index (χ1v) is 4.49. The van der Waals surface area contributed by atoms with Crippen LogP contribution in [0.3, 0.4) is 0 Å². The lowest BCUT2D eigenvalue weighted by atomic mass is 10.2. The third-order valence-electron chi connectivity index (χ3n) is 1.98. The Balaban J connectivity index is 2.83. The molecule has 0 radical (unpaired) electrons. The maximum absolute atomic E-state index is 10.7. The standard InChI is InChI=1S/C10H6ClNO3/c11-6-4-5-2-1-3-7(13)8(5)12-9(6)10(14)15/h1-4,13H,(H,14,15). The molecule has 0 amide bonds. The number of rotatable bonds is 1. The smallest absolute Gasteiger partial charge is 0.356 e. The minimum Gasteiger partial charge on any atom is -0.506 e. The molecule has 0 unspecified atom stereocenters. The molecule has 0 saturated carbocycles. The number of aromatic carboxylic acids is 1. The number of para-hydroxylation sites is 1. The van der Waals surface area contributed by atoms with Crippen molar-refractivity contribution in [2.24, 2.45) is 0 Å². The van der Waals surface area contributed by atoms with Crippen molar-refractivity contribution < 1.29 is 15.0 Å². The molecule has 5 heteroatoms. The molecule has 2 N–H and O–H groups in total. The van der Waals surface area contributed by atoms with E-state index < -0.39 is 5.97 Å².